The molecule has 0 saturated heterocycles. The van der Waals surface area contributed by atoms with E-state index in [0.29, 0.717) is 0 Å². The maximum atomic E-state index is 3.60. The summed E-state index contributed by atoms with van der Waals surface area (Å²) in [6.45, 7) is 22.9. The SMILES string of the molecule is [CH2-]CCC.[CH2-]CCC.[CH2-]CCC.[CH2-]CCC.[Pt].[Pt].[c-]1ccccc1-c1ccc2ccccc2c1-c1c(-c2[c-]cccc2)ccc2ccccc12. The molecule has 0 aliphatic rings. The first-order valence-electron chi connectivity index (χ1n) is 17.7. The summed E-state index contributed by atoms with van der Waals surface area (Å²) >= 11 is 0. The fraction of sp³-hybridized carbons (Fsp3) is 0.250. The van der Waals surface area contributed by atoms with Crippen molar-refractivity contribution < 1.29 is 42.1 Å². The molecular formula is C48H56Pt2-6. The molecule has 0 radical (unpaired) electrons. The van der Waals surface area contributed by atoms with Gasteiger partial charge in [-0.2, -0.15) is 25.7 Å². The summed E-state index contributed by atoms with van der Waals surface area (Å²) in [7, 11) is 0. The second-order valence-electron chi connectivity index (χ2n) is 11.4. The van der Waals surface area contributed by atoms with Gasteiger partial charge in [0.15, 0.2) is 0 Å². The standard InChI is InChI=1S/C32H20.4C4H9.2Pt/c1-3-11-23(12-4-1)29-21-19-25-15-7-9-17-27(25)31(29)32-28-18-10-8-16-26(28)20-22-30(32)24-13-5-2-6-14-24;4*1-3-4-2;;/h1-11,13,15-22H;4*1,3-4H2,2H3;;/q-2;4*-1;;. The van der Waals surface area contributed by atoms with Crippen LogP contribution >= 0.6 is 0 Å². The molecule has 0 nitrogen and oxygen atoms in total. The molecule has 0 aliphatic carbocycles. The van der Waals surface area contributed by atoms with Gasteiger partial charge in [-0.1, -0.05) is 148 Å². The number of unbranched alkanes of at least 4 members (excludes halogenated alkanes) is 4. The van der Waals surface area contributed by atoms with Crippen molar-refractivity contribution in [1.82, 2.24) is 0 Å². The van der Waals surface area contributed by atoms with Crippen LogP contribution in [0.1, 0.15) is 79.1 Å². The third-order valence-electron chi connectivity index (χ3n) is 7.52. The fourth-order valence-corrected chi connectivity index (χ4v) is 4.65. The monoisotopic (exact) mass is 1020 g/mol. The molecule has 6 aromatic rings. The molecule has 0 N–H and O–H groups in total. The summed E-state index contributed by atoms with van der Waals surface area (Å²) in [6, 6.07) is 49.6. The zero-order valence-electron chi connectivity index (χ0n) is 30.7. The van der Waals surface area contributed by atoms with Crippen LogP contribution in [-0.2, 0) is 42.1 Å². The molecule has 0 spiro atoms. The molecule has 0 amide bonds. The Kier molecular flexibility index (Phi) is 27.3. The summed E-state index contributed by atoms with van der Waals surface area (Å²) in [4.78, 5) is 0. The van der Waals surface area contributed by atoms with Crippen LogP contribution in [-0.4, -0.2) is 0 Å². The second-order valence-corrected chi connectivity index (χ2v) is 11.4. The third-order valence-corrected chi connectivity index (χ3v) is 7.52. The van der Waals surface area contributed by atoms with Gasteiger partial charge in [0.05, 0.1) is 0 Å². The van der Waals surface area contributed by atoms with E-state index in [1.54, 1.807) is 0 Å². The van der Waals surface area contributed by atoms with Gasteiger partial charge in [-0.3, -0.25) is 0 Å². The normalized spacial score (nSPS) is 9.52. The zero-order chi connectivity index (χ0) is 35.0. The van der Waals surface area contributed by atoms with E-state index in [2.05, 4.69) is 165 Å². The van der Waals surface area contributed by atoms with Gasteiger partial charge in [-0.25, -0.2) is 0 Å². The van der Waals surface area contributed by atoms with E-state index in [9.17, 15) is 0 Å². The Balaban J connectivity index is 0.00000114. The van der Waals surface area contributed by atoms with E-state index in [-0.39, 0.29) is 42.1 Å². The number of hydrogen-bond donors (Lipinski definition) is 0. The Bertz CT molecular complexity index is 1550. The van der Waals surface area contributed by atoms with Crippen LogP contribution in [0.3, 0.4) is 0 Å². The van der Waals surface area contributed by atoms with Gasteiger partial charge in [0.2, 0.25) is 0 Å². The molecule has 0 heterocycles. The van der Waals surface area contributed by atoms with Crippen LogP contribution in [0.4, 0.5) is 0 Å². The van der Waals surface area contributed by atoms with Gasteiger partial charge in [-0.15, -0.1) is 71.8 Å². The molecule has 6 aromatic carbocycles. The molecule has 6 rings (SSSR count). The first-order chi connectivity index (χ1) is 23.6. The van der Waals surface area contributed by atoms with E-state index in [4.69, 9.17) is 0 Å². The van der Waals surface area contributed by atoms with Crippen molar-refractivity contribution in [3.63, 3.8) is 0 Å². The molecule has 0 aliphatic heterocycles. The molecule has 2 heteroatoms. The van der Waals surface area contributed by atoms with Crippen molar-refractivity contribution in [1.29, 1.82) is 0 Å². The van der Waals surface area contributed by atoms with E-state index in [1.807, 2.05) is 24.3 Å². The minimum absolute atomic E-state index is 0. The Morgan fingerprint density at radius 3 is 0.980 bits per heavy atom. The molecule has 274 valence electrons. The van der Waals surface area contributed by atoms with Gasteiger partial charge in [0, 0.05) is 42.1 Å². The average molecular weight is 1020 g/mol. The van der Waals surface area contributed by atoms with Crippen LogP contribution in [0.2, 0.25) is 0 Å². The van der Waals surface area contributed by atoms with Crippen LogP contribution in [0.25, 0.3) is 54.9 Å². The number of hydrogen-bond acceptors (Lipinski definition) is 0. The predicted octanol–water partition coefficient (Wildman–Crippen LogP) is 15.1. The molecule has 0 bridgehead atoms. The van der Waals surface area contributed by atoms with E-state index >= 15 is 0 Å². The van der Waals surface area contributed by atoms with Crippen molar-refractivity contribution in [2.24, 2.45) is 0 Å². The minimum Gasteiger partial charge on any atom is -0.343 e. The summed E-state index contributed by atoms with van der Waals surface area (Å²) in [6.07, 6.45) is 9.11. The van der Waals surface area contributed by atoms with Crippen molar-refractivity contribution in [2.45, 2.75) is 79.1 Å². The van der Waals surface area contributed by atoms with Gasteiger partial charge in [-0.05, 0) is 21.5 Å². The van der Waals surface area contributed by atoms with E-state index < -0.39 is 0 Å². The number of fused-ring (bicyclic) bond motifs is 2. The predicted molar refractivity (Wildman–Crippen MR) is 216 cm³/mol. The quantitative estimate of drug-likeness (QED) is 0.140. The smallest absolute Gasteiger partial charge is 0 e. The first-order valence-corrected chi connectivity index (χ1v) is 17.7. The Labute approximate surface area is 335 Å². The summed E-state index contributed by atoms with van der Waals surface area (Å²) in [5.74, 6) is 0. The van der Waals surface area contributed by atoms with Crippen molar-refractivity contribution in [3.8, 4) is 33.4 Å². The van der Waals surface area contributed by atoms with Gasteiger partial charge < -0.3 is 27.7 Å². The molecule has 0 saturated carbocycles. The molecular weight excluding hydrogens is 967 g/mol. The van der Waals surface area contributed by atoms with Gasteiger partial charge in [0.25, 0.3) is 0 Å². The average Bonchev–Trinajstić information content (AvgIpc) is 3.18. The Morgan fingerprint density at radius 2 is 0.700 bits per heavy atom. The van der Waals surface area contributed by atoms with E-state index in [0.717, 1.165) is 36.8 Å². The van der Waals surface area contributed by atoms with Crippen molar-refractivity contribution >= 4 is 21.5 Å². The van der Waals surface area contributed by atoms with Gasteiger partial charge >= 0.3 is 0 Å². The fourth-order valence-electron chi connectivity index (χ4n) is 4.65. The minimum atomic E-state index is 0. The third kappa shape index (κ3) is 14.8. The summed E-state index contributed by atoms with van der Waals surface area (Å²) < 4.78 is 0. The van der Waals surface area contributed by atoms with Crippen LogP contribution in [0, 0.1) is 39.8 Å². The molecule has 50 heavy (non-hydrogen) atoms. The number of benzene rings is 6. The topological polar surface area (TPSA) is 0 Å². The Hall–Kier alpha value is -2.78. The molecule has 0 aromatic heterocycles. The Morgan fingerprint density at radius 1 is 0.400 bits per heavy atom. The second kappa shape index (κ2) is 28.9. The van der Waals surface area contributed by atoms with Crippen LogP contribution < -0.4 is 0 Å². The van der Waals surface area contributed by atoms with E-state index in [1.165, 1.54) is 69.5 Å². The van der Waals surface area contributed by atoms with Crippen molar-refractivity contribution in [2.75, 3.05) is 0 Å². The maximum absolute atomic E-state index is 3.60. The molecule has 0 unspecified atom stereocenters. The summed E-state index contributed by atoms with van der Waals surface area (Å²) in [5, 5.41) is 4.96. The zero-order valence-corrected chi connectivity index (χ0v) is 35.2. The van der Waals surface area contributed by atoms with Gasteiger partial charge in [0.1, 0.15) is 0 Å². The first kappa shape index (κ1) is 47.2. The van der Waals surface area contributed by atoms with Crippen LogP contribution in [0.15, 0.2) is 121 Å². The number of rotatable bonds is 7. The maximum Gasteiger partial charge on any atom is 0 e. The van der Waals surface area contributed by atoms with Crippen LogP contribution in [0.5, 0.6) is 0 Å². The largest absolute Gasteiger partial charge is 0.343 e. The molecule has 0 fully saturated rings. The molecule has 0 atom stereocenters. The summed E-state index contributed by atoms with van der Waals surface area (Å²) in [5.41, 5.74) is 7.08. The van der Waals surface area contributed by atoms with Crippen molar-refractivity contribution in [3.05, 3.63) is 161 Å².